The third-order valence-corrected chi connectivity index (χ3v) is 3.72. The molecule has 0 radical (unpaired) electrons. The molecule has 0 aromatic heterocycles. The molecule has 6 heteroatoms. The average molecular weight is 384 g/mol. The van der Waals surface area contributed by atoms with Crippen LogP contribution >= 0.6 is 0 Å². The van der Waals surface area contributed by atoms with Crippen LogP contribution in [0.25, 0.3) is 6.08 Å². The predicted octanol–water partition coefficient (Wildman–Crippen LogP) is 3.90. The number of Topliss-reactive ketones (excluding diaryl/α,β-unsaturated/α-hetero) is 1. The molecule has 0 aliphatic heterocycles. The molecule has 0 spiro atoms. The highest BCUT2D eigenvalue weighted by Crippen LogP contribution is 2.17. The van der Waals surface area contributed by atoms with Gasteiger partial charge in [-0.25, -0.2) is 4.79 Å². The maximum Gasteiger partial charge on any atom is 0.373 e. The maximum absolute atomic E-state index is 12.2. The second-order valence-electron chi connectivity index (χ2n) is 5.67. The third kappa shape index (κ3) is 6.16. The van der Waals surface area contributed by atoms with Gasteiger partial charge in [0.05, 0.1) is 20.3 Å². The van der Waals surface area contributed by atoms with E-state index in [0.717, 1.165) is 5.56 Å². The van der Waals surface area contributed by atoms with Crippen molar-refractivity contribution >= 4 is 17.8 Å². The van der Waals surface area contributed by atoms with Crippen molar-refractivity contribution in [2.75, 3.05) is 26.9 Å². The fourth-order valence-corrected chi connectivity index (χ4v) is 2.36. The molecule has 0 aliphatic rings. The van der Waals surface area contributed by atoms with E-state index in [4.69, 9.17) is 18.9 Å². The predicted molar refractivity (Wildman–Crippen MR) is 105 cm³/mol. The first kappa shape index (κ1) is 21.0. The van der Waals surface area contributed by atoms with E-state index >= 15 is 0 Å². The van der Waals surface area contributed by atoms with Gasteiger partial charge in [-0.1, -0.05) is 24.3 Å². The largest absolute Gasteiger partial charge is 0.497 e. The van der Waals surface area contributed by atoms with E-state index in [1.54, 1.807) is 75.6 Å². The molecule has 0 saturated heterocycles. The summed E-state index contributed by atoms with van der Waals surface area (Å²) in [6.45, 7) is 4.08. The molecule has 2 aromatic carbocycles. The summed E-state index contributed by atoms with van der Waals surface area (Å²) in [5.41, 5.74) is 1.28. The summed E-state index contributed by atoms with van der Waals surface area (Å²) in [5.74, 6) is 0.653. The summed E-state index contributed by atoms with van der Waals surface area (Å²) in [4.78, 5) is 24.1. The Bertz CT molecular complexity index is 823. The third-order valence-electron chi connectivity index (χ3n) is 3.72. The quantitative estimate of drug-likeness (QED) is 0.268. The zero-order chi connectivity index (χ0) is 20.4. The number of methoxy groups -OCH3 is 1. The van der Waals surface area contributed by atoms with E-state index in [1.807, 2.05) is 0 Å². The van der Waals surface area contributed by atoms with Gasteiger partial charge in [-0.3, -0.25) is 4.79 Å². The lowest BCUT2D eigenvalue weighted by atomic mass is 10.1. The van der Waals surface area contributed by atoms with Crippen LogP contribution < -0.4 is 9.47 Å². The molecular formula is C22H24O6. The maximum atomic E-state index is 12.2. The van der Waals surface area contributed by atoms with Crippen LogP contribution in [0.15, 0.2) is 54.3 Å². The Morgan fingerprint density at radius 1 is 0.929 bits per heavy atom. The molecule has 0 amide bonds. The Morgan fingerprint density at radius 3 is 2.29 bits per heavy atom. The van der Waals surface area contributed by atoms with Crippen molar-refractivity contribution < 1.29 is 28.5 Å². The van der Waals surface area contributed by atoms with Gasteiger partial charge in [-0.2, -0.15) is 0 Å². The van der Waals surface area contributed by atoms with E-state index in [0.29, 0.717) is 23.7 Å². The van der Waals surface area contributed by atoms with Gasteiger partial charge >= 0.3 is 5.97 Å². The molecule has 2 rings (SSSR count). The standard InChI is InChI=1S/C22H24O6/c1-4-26-21(22(24)27-5-2)13-16-9-11-18(12-10-16)28-15-20(23)17-7-6-8-19(14-17)25-3/h6-14H,4-5,15H2,1-3H3/b21-13-. The molecule has 2 aromatic rings. The van der Waals surface area contributed by atoms with Crippen LogP contribution in [-0.2, 0) is 14.3 Å². The van der Waals surface area contributed by atoms with Gasteiger partial charge in [0.15, 0.2) is 12.4 Å². The number of carbonyl (C=O) groups is 2. The SMILES string of the molecule is CCOC(=O)/C(=C/c1ccc(OCC(=O)c2cccc(OC)c2)cc1)OCC. The van der Waals surface area contributed by atoms with Gasteiger partial charge in [0.1, 0.15) is 11.5 Å². The lowest BCUT2D eigenvalue weighted by molar-refractivity contribution is -0.142. The van der Waals surface area contributed by atoms with Gasteiger partial charge in [-0.05, 0) is 49.8 Å². The summed E-state index contributed by atoms with van der Waals surface area (Å²) >= 11 is 0. The molecule has 0 fully saturated rings. The number of ketones is 1. The van der Waals surface area contributed by atoms with Gasteiger partial charge in [0, 0.05) is 5.56 Å². The van der Waals surface area contributed by atoms with Crippen LogP contribution in [0.5, 0.6) is 11.5 Å². The van der Waals surface area contributed by atoms with Crippen LogP contribution in [0.3, 0.4) is 0 Å². The van der Waals surface area contributed by atoms with Crippen LogP contribution in [0.1, 0.15) is 29.8 Å². The monoisotopic (exact) mass is 384 g/mol. The summed E-state index contributed by atoms with van der Waals surface area (Å²) in [6.07, 6.45) is 1.60. The summed E-state index contributed by atoms with van der Waals surface area (Å²) in [7, 11) is 1.55. The first-order valence-corrected chi connectivity index (χ1v) is 8.99. The van der Waals surface area contributed by atoms with Crippen LogP contribution in [0.4, 0.5) is 0 Å². The topological polar surface area (TPSA) is 71.1 Å². The van der Waals surface area contributed by atoms with Crippen molar-refractivity contribution in [3.05, 3.63) is 65.4 Å². The highest BCUT2D eigenvalue weighted by molar-refractivity contribution is 5.97. The molecular weight excluding hydrogens is 360 g/mol. The molecule has 0 aliphatic carbocycles. The van der Waals surface area contributed by atoms with Gasteiger partial charge in [0.25, 0.3) is 0 Å². The fourth-order valence-electron chi connectivity index (χ4n) is 2.36. The lowest BCUT2D eigenvalue weighted by Gasteiger charge is -2.09. The van der Waals surface area contributed by atoms with Crippen LogP contribution in [-0.4, -0.2) is 38.7 Å². The van der Waals surface area contributed by atoms with Crippen LogP contribution in [0.2, 0.25) is 0 Å². The molecule has 6 nitrogen and oxygen atoms in total. The van der Waals surface area contributed by atoms with Gasteiger partial charge in [0.2, 0.25) is 5.76 Å². The van der Waals surface area contributed by atoms with Crippen molar-refractivity contribution in [1.29, 1.82) is 0 Å². The smallest absolute Gasteiger partial charge is 0.373 e. The Morgan fingerprint density at radius 2 is 1.64 bits per heavy atom. The first-order chi connectivity index (χ1) is 13.6. The van der Waals surface area contributed by atoms with Crippen molar-refractivity contribution in [2.45, 2.75) is 13.8 Å². The minimum absolute atomic E-state index is 0.0879. The molecule has 0 unspecified atom stereocenters. The lowest BCUT2D eigenvalue weighted by Crippen LogP contribution is -2.11. The molecule has 0 saturated carbocycles. The highest BCUT2D eigenvalue weighted by Gasteiger charge is 2.12. The fraction of sp³-hybridized carbons (Fsp3) is 0.273. The second kappa shape index (κ2) is 10.8. The molecule has 0 N–H and O–H groups in total. The van der Waals surface area contributed by atoms with E-state index in [2.05, 4.69) is 0 Å². The van der Waals surface area contributed by atoms with Gasteiger partial charge < -0.3 is 18.9 Å². The van der Waals surface area contributed by atoms with E-state index in [-0.39, 0.29) is 24.8 Å². The molecule has 148 valence electrons. The van der Waals surface area contributed by atoms with Crippen molar-refractivity contribution in [2.24, 2.45) is 0 Å². The zero-order valence-corrected chi connectivity index (χ0v) is 16.3. The first-order valence-electron chi connectivity index (χ1n) is 8.99. The average Bonchev–Trinajstić information content (AvgIpc) is 2.72. The van der Waals surface area contributed by atoms with E-state index in [9.17, 15) is 9.59 Å². The Balaban J connectivity index is 2.00. The second-order valence-corrected chi connectivity index (χ2v) is 5.67. The number of hydrogen-bond donors (Lipinski definition) is 0. The number of esters is 1. The van der Waals surface area contributed by atoms with E-state index < -0.39 is 5.97 Å². The number of benzene rings is 2. The van der Waals surface area contributed by atoms with E-state index in [1.165, 1.54) is 0 Å². The number of hydrogen-bond acceptors (Lipinski definition) is 6. The van der Waals surface area contributed by atoms with Crippen molar-refractivity contribution in [3.8, 4) is 11.5 Å². The van der Waals surface area contributed by atoms with Gasteiger partial charge in [-0.15, -0.1) is 0 Å². The Kier molecular flexibility index (Phi) is 8.09. The van der Waals surface area contributed by atoms with Crippen molar-refractivity contribution in [1.82, 2.24) is 0 Å². The minimum Gasteiger partial charge on any atom is -0.497 e. The number of rotatable bonds is 10. The number of ether oxygens (including phenoxy) is 4. The Hall–Kier alpha value is -3.28. The molecule has 0 atom stereocenters. The van der Waals surface area contributed by atoms with Crippen LogP contribution in [0, 0.1) is 0 Å². The summed E-state index contributed by atoms with van der Waals surface area (Å²) < 4.78 is 21.0. The van der Waals surface area contributed by atoms with Crippen molar-refractivity contribution in [3.63, 3.8) is 0 Å². The molecule has 28 heavy (non-hydrogen) atoms. The summed E-state index contributed by atoms with van der Waals surface area (Å²) in [6, 6.07) is 13.9. The normalized spacial score (nSPS) is 10.9. The zero-order valence-electron chi connectivity index (χ0n) is 16.3. The Labute approximate surface area is 164 Å². The summed E-state index contributed by atoms with van der Waals surface area (Å²) in [5, 5.41) is 0. The molecule has 0 bridgehead atoms. The molecule has 0 heterocycles. The minimum atomic E-state index is -0.506. The highest BCUT2D eigenvalue weighted by atomic mass is 16.6. The number of carbonyl (C=O) groups excluding carboxylic acids is 2.